The SMILES string of the molecule is CC/C=C\CCCN1OC(CO)[C@@H]([C@H](C)O)[C@H]1CN[C@H]1CC2C[C@@H](C1C)C2(C)C. The zero-order valence-corrected chi connectivity index (χ0v) is 19.2. The molecule has 3 unspecified atom stereocenters. The molecule has 5 nitrogen and oxygen atoms in total. The van der Waals surface area contributed by atoms with Crippen LogP contribution in [0.2, 0.25) is 0 Å². The van der Waals surface area contributed by atoms with Gasteiger partial charge in [-0.15, -0.1) is 0 Å². The van der Waals surface area contributed by atoms with E-state index >= 15 is 0 Å². The molecule has 0 spiro atoms. The number of nitrogens with one attached hydrogen (secondary N) is 1. The molecule has 1 saturated heterocycles. The lowest BCUT2D eigenvalue weighted by molar-refractivity contribution is -0.172. The number of fused-ring (bicyclic) bond motifs is 2. The Bertz CT molecular complexity index is 550. The van der Waals surface area contributed by atoms with Crippen LogP contribution in [0.4, 0.5) is 0 Å². The standard InChI is InChI=1S/C24H44N2O3/c1-6-7-8-9-10-11-26-21(23(17(3)28)22(15-27)29-26)14-25-20-13-18-12-19(16(20)2)24(18,4)5/h7-8,16-23,25,27-28H,6,9-15H2,1-5H3/b8-7-/t16?,17-,18?,19-,20-,21+,22?,23-/m0/s1. The zero-order chi connectivity index (χ0) is 21.2. The monoisotopic (exact) mass is 408 g/mol. The van der Waals surface area contributed by atoms with Crippen molar-refractivity contribution in [3.8, 4) is 0 Å². The Hall–Kier alpha value is -0.460. The van der Waals surface area contributed by atoms with Crippen molar-refractivity contribution in [1.82, 2.24) is 10.4 Å². The van der Waals surface area contributed by atoms with Crippen LogP contribution in [0.5, 0.6) is 0 Å². The highest BCUT2D eigenvalue weighted by atomic mass is 16.7. The van der Waals surface area contributed by atoms with Crippen molar-refractivity contribution in [2.45, 2.75) is 91.0 Å². The van der Waals surface area contributed by atoms with Crippen molar-refractivity contribution in [3.63, 3.8) is 0 Å². The Labute approximate surface area is 177 Å². The molecule has 4 rings (SSSR count). The van der Waals surface area contributed by atoms with Crippen molar-refractivity contribution in [2.24, 2.45) is 29.1 Å². The van der Waals surface area contributed by atoms with Crippen LogP contribution in [0.15, 0.2) is 12.2 Å². The third kappa shape index (κ3) is 4.74. The van der Waals surface area contributed by atoms with Crippen LogP contribution in [0, 0.1) is 29.1 Å². The van der Waals surface area contributed by atoms with Gasteiger partial charge in [0.2, 0.25) is 0 Å². The molecule has 3 aliphatic carbocycles. The Morgan fingerprint density at radius 3 is 2.62 bits per heavy atom. The maximum atomic E-state index is 10.4. The first-order valence-corrected chi connectivity index (χ1v) is 11.9. The molecule has 2 bridgehead atoms. The lowest BCUT2D eigenvalue weighted by atomic mass is 9.45. The second-order valence-electron chi connectivity index (χ2n) is 10.3. The highest BCUT2D eigenvalue weighted by Crippen LogP contribution is 2.61. The molecule has 1 heterocycles. The summed E-state index contributed by atoms with van der Waals surface area (Å²) in [5, 5.41) is 26.2. The molecular weight excluding hydrogens is 364 g/mol. The van der Waals surface area contributed by atoms with Crippen molar-refractivity contribution in [3.05, 3.63) is 12.2 Å². The summed E-state index contributed by atoms with van der Waals surface area (Å²) in [6, 6.07) is 0.643. The minimum Gasteiger partial charge on any atom is -0.394 e. The molecule has 168 valence electrons. The average Bonchev–Trinajstić information content (AvgIpc) is 3.04. The Morgan fingerprint density at radius 1 is 1.28 bits per heavy atom. The minimum absolute atomic E-state index is 0.0452. The molecule has 8 atom stereocenters. The largest absolute Gasteiger partial charge is 0.394 e. The fraction of sp³-hybridized carbons (Fsp3) is 0.917. The fourth-order valence-electron chi connectivity index (χ4n) is 6.35. The van der Waals surface area contributed by atoms with E-state index in [0.717, 1.165) is 44.2 Å². The van der Waals surface area contributed by atoms with Crippen LogP contribution in [-0.4, -0.2) is 59.3 Å². The molecule has 1 aliphatic heterocycles. The summed E-state index contributed by atoms with van der Waals surface area (Å²) in [4.78, 5) is 6.09. The van der Waals surface area contributed by atoms with Gasteiger partial charge in [0.1, 0.15) is 6.10 Å². The van der Waals surface area contributed by atoms with Crippen molar-refractivity contribution in [2.75, 3.05) is 19.7 Å². The van der Waals surface area contributed by atoms with E-state index in [1.165, 1.54) is 12.8 Å². The van der Waals surface area contributed by atoms with Gasteiger partial charge in [-0.25, -0.2) is 0 Å². The minimum atomic E-state index is -0.500. The maximum Gasteiger partial charge on any atom is 0.109 e. The number of rotatable bonds is 10. The van der Waals surface area contributed by atoms with E-state index in [1.807, 2.05) is 12.0 Å². The zero-order valence-electron chi connectivity index (χ0n) is 19.2. The molecule has 4 aliphatic rings. The third-order valence-corrected chi connectivity index (χ3v) is 8.35. The number of hydrogen-bond donors (Lipinski definition) is 3. The number of aliphatic hydroxyl groups is 2. The van der Waals surface area contributed by atoms with Gasteiger partial charge in [-0.3, -0.25) is 4.84 Å². The van der Waals surface area contributed by atoms with E-state index in [4.69, 9.17) is 4.84 Å². The lowest BCUT2D eigenvalue weighted by Gasteiger charge is -2.62. The molecule has 4 fully saturated rings. The first-order valence-electron chi connectivity index (χ1n) is 11.9. The quantitative estimate of drug-likeness (QED) is 0.382. The van der Waals surface area contributed by atoms with E-state index in [1.54, 1.807) is 0 Å². The molecule has 0 aromatic heterocycles. The summed E-state index contributed by atoms with van der Waals surface area (Å²) >= 11 is 0. The molecule has 3 saturated carbocycles. The third-order valence-electron chi connectivity index (χ3n) is 8.35. The summed E-state index contributed by atoms with van der Waals surface area (Å²) < 4.78 is 0. The number of hydroxylamine groups is 2. The van der Waals surface area contributed by atoms with Gasteiger partial charge in [-0.2, -0.15) is 5.06 Å². The fourth-order valence-corrected chi connectivity index (χ4v) is 6.35. The normalized spacial score (nSPS) is 40.3. The summed E-state index contributed by atoms with van der Waals surface area (Å²) in [7, 11) is 0. The van der Waals surface area contributed by atoms with Gasteiger partial charge in [0.05, 0.1) is 18.8 Å². The smallest absolute Gasteiger partial charge is 0.109 e. The van der Waals surface area contributed by atoms with Gasteiger partial charge in [0, 0.05) is 25.0 Å². The van der Waals surface area contributed by atoms with Crippen molar-refractivity contribution >= 4 is 0 Å². The number of aliphatic hydroxyl groups excluding tert-OH is 2. The van der Waals surface area contributed by atoms with Crippen molar-refractivity contribution < 1.29 is 15.1 Å². The van der Waals surface area contributed by atoms with Gasteiger partial charge in [-0.1, -0.05) is 39.8 Å². The van der Waals surface area contributed by atoms with Gasteiger partial charge in [0.25, 0.3) is 0 Å². The molecule has 29 heavy (non-hydrogen) atoms. The van der Waals surface area contributed by atoms with Crippen LogP contribution in [0.25, 0.3) is 0 Å². The second-order valence-corrected chi connectivity index (χ2v) is 10.3. The van der Waals surface area contributed by atoms with Crippen molar-refractivity contribution in [1.29, 1.82) is 0 Å². The van der Waals surface area contributed by atoms with Gasteiger partial charge >= 0.3 is 0 Å². The maximum absolute atomic E-state index is 10.4. The predicted molar refractivity (Wildman–Crippen MR) is 117 cm³/mol. The number of allylic oxidation sites excluding steroid dienone is 2. The molecule has 0 aromatic carbocycles. The van der Waals surface area contributed by atoms with E-state index < -0.39 is 6.10 Å². The molecular formula is C24H44N2O3. The van der Waals surface area contributed by atoms with Crippen LogP contribution in [-0.2, 0) is 4.84 Å². The number of nitrogens with zero attached hydrogens (tertiary/aromatic N) is 1. The summed E-state index contributed by atoms with van der Waals surface area (Å²) in [5.41, 5.74) is 0.496. The highest BCUT2D eigenvalue weighted by Gasteiger charge is 2.56. The molecule has 5 heteroatoms. The Morgan fingerprint density at radius 2 is 2.03 bits per heavy atom. The predicted octanol–water partition coefficient (Wildman–Crippen LogP) is 3.37. The van der Waals surface area contributed by atoms with Gasteiger partial charge < -0.3 is 15.5 Å². The summed E-state index contributed by atoms with van der Waals surface area (Å²) in [6.07, 6.45) is 9.39. The van der Waals surface area contributed by atoms with E-state index in [0.29, 0.717) is 17.4 Å². The van der Waals surface area contributed by atoms with E-state index in [-0.39, 0.29) is 24.7 Å². The van der Waals surface area contributed by atoms with Gasteiger partial charge in [0.15, 0.2) is 0 Å². The molecule has 0 amide bonds. The average molecular weight is 409 g/mol. The van der Waals surface area contributed by atoms with Crippen LogP contribution < -0.4 is 5.32 Å². The first-order chi connectivity index (χ1) is 13.8. The molecule has 0 radical (unpaired) electrons. The second kappa shape index (κ2) is 9.78. The Kier molecular flexibility index (Phi) is 7.83. The topological polar surface area (TPSA) is 65.0 Å². The number of unbranched alkanes of at least 4 members (excludes halogenated alkanes) is 1. The summed E-state index contributed by atoms with van der Waals surface area (Å²) in [6.45, 7) is 12.9. The van der Waals surface area contributed by atoms with Crippen LogP contribution in [0.1, 0.15) is 66.7 Å². The highest BCUT2D eigenvalue weighted by molar-refractivity contribution is 5.07. The van der Waals surface area contributed by atoms with Crippen LogP contribution >= 0.6 is 0 Å². The lowest BCUT2D eigenvalue weighted by Crippen LogP contribution is -2.61. The Balaban J connectivity index is 1.60. The molecule has 3 N–H and O–H groups in total. The molecule has 0 aromatic rings. The van der Waals surface area contributed by atoms with Gasteiger partial charge in [-0.05, 0) is 62.2 Å². The van der Waals surface area contributed by atoms with Crippen LogP contribution in [0.3, 0.4) is 0 Å². The van der Waals surface area contributed by atoms with E-state index in [2.05, 4.69) is 45.2 Å². The number of hydrogen-bond acceptors (Lipinski definition) is 5. The summed E-state index contributed by atoms with van der Waals surface area (Å²) in [5.74, 6) is 2.27. The first kappa shape index (κ1) is 23.2. The van der Waals surface area contributed by atoms with E-state index in [9.17, 15) is 10.2 Å².